The van der Waals surface area contributed by atoms with Crippen LogP contribution in [0.2, 0.25) is 0 Å². The van der Waals surface area contributed by atoms with Gasteiger partial charge in [-0.3, -0.25) is 9.10 Å². The van der Waals surface area contributed by atoms with Gasteiger partial charge in [0.25, 0.3) is 10.0 Å². The maximum Gasteiger partial charge on any atom is 0.264 e. The molecular formula is C26H28N2O5S. The van der Waals surface area contributed by atoms with Crippen LogP contribution in [0.3, 0.4) is 0 Å². The highest BCUT2D eigenvalue weighted by Crippen LogP contribution is 2.36. The summed E-state index contributed by atoms with van der Waals surface area (Å²) in [6.07, 6.45) is 1.71. The summed E-state index contributed by atoms with van der Waals surface area (Å²) < 4.78 is 39.5. The number of amides is 1. The number of benzene rings is 3. The third-order valence-corrected chi connectivity index (χ3v) is 7.73. The zero-order valence-corrected chi connectivity index (χ0v) is 20.3. The Morgan fingerprint density at radius 2 is 1.74 bits per heavy atom. The third-order valence-electron chi connectivity index (χ3n) is 5.95. The van der Waals surface area contributed by atoms with E-state index in [0.717, 1.165) is 34.0 Å². The van der Waals surface area contributed by atoms with Crippen LogP contribution in [0.15, 0.2) is 71.6 Å². The van der Waals surface area contributed by atoms with Gasteiger partial charge in [-0.25, -0.2) is 8.42 Å². The summed E-state index contributed by atoms with van der Waals surface area (Å²) in [5.74, 6) is 0.507. The molecule has 0 atom stereocenters. The van der Waals surface area contributed by atoms with E-state index < -0.39 is 10.0 Å². The number of carbonyl (C=O) groups is 1. The fraction of sp³-hybridized carbons (Fsp3) is 0.269. The second-order valence-corrected chi connectivity index (χ2v) is 10.0. The number of sulfonamides is 1. The van der Waals surface area contributed by atoms with E-state index in [0.29, 0.717) is 18.0 Å². The van der Waals surface area contributed by atoms with E-state index in [9.17, 15) is 13.2 Å². The summed E-state index contributed by atoms with van der Waals surface area (Å²) in [6.45, 7) is 2.05. The molecule has 0 fully saturated rings. The smallest absolute Gasteiger partial charge is 0.264 e. The third kappa shape index (κ3) is 4.59. The van der Waals surface area contributed by atoms with Gasteiger partial charge in [-0.2, -0.15) is 0 Å². The van der Waals surface area contributed by atoms with Gasteiger partial charge < -0.3 is 14.4 Å². The van der Waals surface area contributed by atoms with Crippen molar-refractivity contribution in [1.29, 1.82) is 0 Å². The minimum atomic E-state index is -4.07. The zero-order valence-electron chi connectivity index (χ0n) is 19.5. The van der Waals surface area contributed by atoms with E-state index in [2.05, 4.69) is 0 Å². The lowest BCUT2D eigenvalue weighted by atomic mass is 10.0. The van der Waals surface area contributed by atoms with Gasteiger partial charge in [-0.1, -0.05) is 35.9 Å². The SMILES string of the molecule is COc1ccc(N(CC(=O)N2CCCc3ccccc32)S(=O)(=O)c2ccc(C)cc2)c(OC)c1. The lowest BCUT2D eigenvalue weighted by Crippen LogP contribution is -2.45. The van der Waals surface area contributed by atoms with E-state index in [-0.39, 0.29) is 23.0 Å². The molecule has 0 saturated heterocycles. The number of carbonyl (C=O) groups excluding carboxylic acids is 1. The number of methoxy groups -OCH3 is 2. The summed E-state index contributed by atoms with van der Waals surface area (Å²) in [7, 11) is -1.09. The minimum Gasteiger partial charge on any atom is -0.497 e. The van der Waals surface area contributed by atoms with Gasteiger partial charge in [0.15, 0.2) is 0 Å². The van der Waals surface area contributed by atoms with E-state index in [1.165, 1.54) is 14.2 Å². The maximum atomic E-state index is 13.8. The van der Waals surface area contributed by atoms with Crippen LogP contribution < -0.4 is 18.7 Å². The molecule has 0 N–H and O–H groups in total. The molecule has 3 aromatic rings. The van der Waals surface area contributed by atoms with Crippen LogP contribution in [0, 0.1) is 6.92 Å². The van der Waals surface area contributed by atoms with Gasteiger partial charge in [0.1, 0.15) is 18.0 Å². The average molecular weight is 481 g/mol. The Labute approximate surface area is 200 Å². The highest BCUT2D eigenvalue weighted by atomic mass is 32.2. The van der Waals surface area contributed by atoms with Crippen molar-refractivity contribution in [2.45, 2.75) is 24.7 Å². The molecule has 1 heterocycles. The first-order chi connectivity index (χ1) is 16.3. The Balaban J connectivity index is 1.78. The van der Waals surface area contributed by atoms with Crippen LogP contribution in [-0.2, 0) is 21.2 Å². The number of nitrogens with zero attached hydrogens (tertiary/aromatic N) is 2. The van der Waals surface area contributed by atoms with Gasteiger partial charge in [0.05, 0.1) is 24.8 Å². The zero-order chi connectivity index (χ0) is 24.3. The van der Waals surface area contributed by atoms with E-state index in [4.69, 9.17) is 9.47 Å². The van der Waals surface area contributed by atoms with Gasteiger partial charge in [-0.15, -0.1) is 0 Å². The van der Waals surface area contributed by atoms with Crippen LogP contribution in [0.1, 0.15) is 17.5 Å². The van der Waals surface area contributed by atoms with Gasteiger partial charge >= 0.3 is 0 Å². The first-order valence-electron chi connectivity index (χ1n) is 11.0. The molecule has 0 spiro atoms. The largest absolute Gasteiger partial charge is 0.497 e. The summed E-state index contributed by atoms with van der Waals surface area (Å²) in [5.41, 5.74) is 3.11. The van der Waals surface area contributed by atoms with E-state index in [1.54, 1.807) is 47.4 Å². The second-order valence-electron chi connectivity index (χ2n) is 8.14. The second kappa shape index (κ2) is 9.77. The molecule has 7 nitrogen and oxygen atoms in total. The lowest BCUT2D eigenvalue weighted by molar-refractivity contribution is -0.117. The van der Waals surface area contributed by atoms with Crippen molar-refractivity contribution in [3.8, 4) is 11.5 Å². The Hall–Kier alpha value is -3.52. The van der Waals surface area contributed by atoms with Gasteiger partial charge in [0, 0.05) is 18.3 Å². The average Bonchev–Trinajstić information content (AvgIpc) is 2.86. The van der Waals surface area contributed by atoms with E-state index in [1.807, 2.05) is 31.2 Å². The Kier molecular flexibility index (Phi) is 6.79. The van der Waals surface area contributed by atoms with Gasteiger partial charge in [-0.05, 0) is 55.7 Å². The normalized spacial score (nSPS) is 13.2. The molecule has 0 radical (unpaired) electrons. The fourth-order valence-electron chi connectivity index (χ4n) is 4.13. The standard InChI is InChI=1S/C26H28N2O5S/c1-19-10-13-22(14-11-19)34(30,31)28(24-15-12-21(32-2)17-25(24)33-3)18-26(29)27-16-6-8-20-7-4-5-9-23(20)27/h4-5,7,9-15,17H,6,8,16,18H2,1-3H3. The molecule has 0 saturated carbocycles. The van der Waals surface area contributed by atoms with E-state index >= 15 is 0 Å². The maximum absolute atomic E-state index is 13.8. The summed E-state index contributed by atoms with van der Waals surface area (Å²) in [6, 6.07) is 19.2. The van der Waals surface area contributed by atoms with Crippen molar-refractivity contribution in [3.63, 3.8) is 0 Å². The number of anilines is 2. The number of fused-ring (bicyclic) bond motifs is 1. The molecular weight excluding hydrogens is 452 g/mol. The Morgan fingerprint density at radius 3 is 2.44 bits per heavy atom. The van der Waals surface area contributed by atoms with Crippen LogP contribution >= 0.6 is 0 Å². The van der Waals surface area contributed by atoms with Crippen molar-refractivity contribution in [3.05, 3.63) is 77.9 Å². The lowest BCUT2D eigenvalue weighted by Gasteiger charge is -2.32. The quantitative estimate of drug-likeness (QED) is 0.507. The van der Waals surface area contributed by atoms with Gasteiger partial charge in [0.2, 0.25) is 5.91 Å². The molecule has 34 heavy (non-hydrogen) atoms. The summed E-state index contributed by atoms with van der Waals surface area (Å²) in [4.78, 5) is 15.3. The predicted octanol–water partition coefficient (Wildman–Crippen LogP) is 4.19. The molecule has 0 unspecified atom stereocenters. The van der Waals surface area contributed by atoms with Crippen LogP contribution in [0.25, 0.3) is 0 Å². The number of aryl methyl sites for hydroxylation is 2. The Bertz CT molecular complexity index is 1290. The molecule has 1 aliphatic heterocycles. The van der Waals surface area contributed by atoms with Crippen molar-refractivity contribution in [1.82, 2.24) is 0 Å². The molecule has 178 valence electrons. The topological polar surface area (TPSA) is 76.2 Å². The monoisotopic (exact) mass is 480 g/mol. The highest BCUT2D eigenvalue weighted by molar-refractivity contribution is 7.92. The first kappa shape index (κ1) is 23.6. The van der Waals surface area contributed by atoms with Crippen LogP contribution in [0.5, 0.6) is 11.5 Å². The minimum absolute atomic E-state index is 0.0998. The summed E-state index contributed by atoms with van der Waals surface area (Å²) >= 11 is 0. The number of para-hydroxylation sites is 1. The van der Waals surface area contributed by atoms with Crippen molar-refractivity contribution in [2.24, 2.45) is 0 Å². The van der Waals surface area contributed by atoms with Crippen LogP contribution in [0.4, 0.5) is 11.4 Å². The molecule has 3 aromatic carbocycles. The first-order valence-corrected chi connectivity index (χ1v) is 12.5. The highest BCUT2D eigenvalue weighted by Gasteiger charge is 2.32. The number of hydrogen-bond donors (Lipinski definition) is 0. The van der Waals surface area contributed by atoms with Crippen molar-refractivity contribution >= 4 is 27.3 Å². The number of rotatable bonds is 7. The molecule has 4 rings (SSSR count). The fourth-order valence-corrected chi connectivity index (χ4v) is 5.55. The molecule has 0 aliphatic carbocycles. The number of ether oxygens (including phenoxy) is 2. The Morgan fingerprint density at radius 1 is 1.00 bits per heavy atom. The molecule has 8 heteroatoms. The molecule has 0 aromatic heterocycles. The van der Waals surface area contributed by atoms with Crippen molar-refractivity contribution in [2.75, 3.05) is 36.5 Å². The molecule has 0 bridgehead atoms. The number of hydrogen-bond acceptors (Lipinski definition) is 5. The van der Waals surface area contributed by atoms with Crippen LogP contribution in [-0.4, -0.2) is 41.6 Å². The molecule has 1 aliphatic rings. The molecule has 1 amide bonds. The van der Waals surface area contributed by atoms with Crippen molar-refractivity contribution < 1.29 is 22.7 Å². The predicted molar refractivity (Wildman–Crippen MR) is 132 cm³/mol. The summed E-state index contributed by atoms with van der Waals surface area (Å²) in [5, 5.41) is 0.